The van der Waals surface area contributed by atoms with Crippen LogP contribution in [0.5, 0.6) is 11.5 Å². The van der Waals surface area contributed by atoms with E-state index in [2.05, 4.69) is 0 Å². The molecule has 4 rings (SSSR count). The van der Waals surface area contributed by atoms with Crippen LogP contribution in [0.1, 0.15) is 19.3 Å². The largest absolute Gasteiger partial charge is 0.508 e. The van der Waals surface area contributed by atoms with Gasteiger partial charge in [0.2, 0.25) is 0 Å². The molecule has 3 aromatic rings. The molecule has 6 nitrogen and oxygen atoms in total. The van der Waals surface area contributed by atoms with Crippen LogP contribution in [-0.2, 0) is 0 Å². The number of ether oxygens (including phenoxy) is 1. The second-order valence-electron chi connectivity index (χ2n) is 6.60. The number of benzene rings is 2. The van der Waals surface area contributed by atoms with Gasteiger partial charge in [-0.05, 0) is 49.1 Å². The Balaban J connectivity index is 1.56. The second-order valence-corrected chi connectivity index (χ2v) is 6.60. The lowest BCUT2D eigenvalue weighted by Gasteiger charge is -2.25. The minimum Gasteiger partial charge on any atom is -0.508 e. The number of nitrogens with zero attached hydrogens (tertiary/aromatic N) is 1. The Morgan fingerprint density at radius 3 is 2.52 bits per heavy atom. The van der Waals surface area contributed by atoms with E-state index in [0.717, 1.165) is 32.4 Å². The monoisotopic (exact) mass is 365 g/mol. The summed E-state index contributed by atoms with van der Waals surface area (Å²) < 4.78 is 10.9. The molecule has 27 heavy (non-hydrogen) atoms. The molecular formula is C21H19NO5. The van der Waals surface area contributed by atoms with Gasteiger partial charge in [0.15, 0.2) is 5.43 Å². The zero-order valence-corrected chi connectivity index (χ0v) is 14.7. The third-order valence-corrected chi connectivity index (χ3v) is 4.74. The highest BCUT2D eigenvalue weighted by Crippen LogP contribution is 2.24. The van der Waals surface area contributed by atoms with E-state index >= 15 is 0 Å². The molecule has 1 aliphatic heterocycles. The molecule has 0 saturated carbocycles. The standard InChI is InChI=1S/C21H19NO5/c23-15-6-9-17-19(12-15)26-13-18(20(17)24)14-4-7-16(8-5-14)27-21(25)22-10-2-1-3-11-22/h4-9,12-13,23H,1-3,10-11H2. The van der Waals surface area contributed by atoms with Gasteiger partial charge in [-0.25, -0.2) is 4.79 Å². The molecule has 0 unspecified atom stereocenters. The number of amides is 1. The van der Waals surface area contributed by atoms with Crippen LogP contribution in [0.15, 0.2) is 57.9 Å². The van der Waals surface area contributed by atoms with Crippen molar-refractivity contribution < 1.29 is 19.1 Å². The number of carbonyl (C=O) groups excluding carboxylic acids is 1. The Labute approximate surface area is 155 Å². The fourth-order valence-corrected chi connectivity index (χ4v) is 3.26. The van der Waals surface area contributed by atoms with Gasteiger partial charge in [0.25, 0.3) is 0 Å². The predicted molar refractivity (Wildman–Crippen MR) is 101 cm³/mol. The van der Waals surface area contributed by atoms with Gasteiger partial charge < -0.3 is 19.2 Å². The van der Waals surface area contributed by atoms with Gasteiger partial charge in [0, 0.05) is 19.2 Å². The highest BCUT2D eigenvalue weighted by molar-refractivity contribution is 5.82. The van der Waals surface area contributed by atoms with Crippen LogP contribution < -0.4 is 10.2 Å². The maximum atomic E-state index is 12.7. The van der Waals surface area contributed by atoms with Crippen LogP contribution in [0.4, 0.5) is 4.79 Å². The first-order chi connectivity index (χ1) is 13.1. The lowest BCUT2D eigenvalue weighted by Crippen LogP contribution is -2.37. The summed E-state index contributed by atoms with van der Waals surface area (Å²) in [6.07, 6.45) is 4.19. The van der Waals surface area contributed by atoms with Crippen LogP contribution >= 0.6 is 0 Å². The van der Waals surface area contributed by atoms with E-state index in [1.165, 1.54) is 24.5 Å². The Hall–Kier alpha value is -3.28. The van der Waals surface area contributed by atoms with Gasteiger partial charge in [-0.15, -0.1) is 0 Å². The summed E-state index contributed by atoms with van der Waals surface area (Å²) in [7, 11) is 0. The van der Waals surface area contributed by atoms with Crippen molar-refractivity contribution in [3.05, 3.63) is 59.0 Å². The normalized spacial score (nSPS) is 14.3. The number of fused-ring (bicyclic) bond motifs is 1. The number of aromatic hydroxyl groups is 1. The molecule has 0 aliphatic carbocycles. The van der Waals surface area contributed by atoms with E-state index in [4.69, 9.17) is 9.15 Å². The van der Waals surface area contributed by atoms with Gasteiger partial charge in [-0.3, -0.25) is 4.79 Å². The van der Waals surface area contributed by atoms with Crippen LogP contribution in [0, 0.1) is 0 Å². The fourth-order valence-electron chi connectivity index (χ4n) is 3.26. The van der Waals surface area contributed by atoms with E-state index in [1.54, 1.807) is 29.2 Å². The molecule has 0 spiro atoms. The summed E-state index contributed by atoms with van der Waals surface area (Å²) in [5.74, 6) is 0.475. The predicted octanol–water partition coefficient (Wildman–Crippen LogP) is 4.15. The van der Waals surface area contributed by atoms with E-state index in [9.17, 15) is 14.7 Å². The van der Waals surface area contributed by atoms with Crippen molar-refractivity contribution in [1.82, 2.24) is 4.90 Å². The maximum absolute atomic E-state index is 12.7. The molecular weight excluding hydrogens is 346 g/mol. The topological polar surface area (TPSA) is 80.0 Å². The summed E-state index contributed by atoms with van der Waals surface area (Å²) in [6, 6.07) is 11.2. The first-order valence-corrected chi connectivity index (χ1v) is 8.93. The molecule has 1 N–H and O–H groups in total. The Morgan fingerprint density at radius 2 is 1.78 bits per heavy atom. The SMILES string of the molecule is O=C(Oc1ccc(-c2coc3cc(O)ccc3c2=O)cc1)N1CCCCC1. The second kappa shape index (κ2) is 7.15. The minimum absolute atomic E-state index is 0.0401. The Kier molecular flexibility index (Phi) is 4.54. The van der Waals surface area contributed by atoms with Gasteiger partial charge in [0.1, 0.15) is 23.3 Å². The Morgan fingerprint density at radius 1 is 1.04 bits per heavy atom. The summed E-state index contributed by atoms with van der Waals surface area (Å²) in [4.78, 5) is 26.6. The molecule has 2 aromatic carbocycles. The van der Waals surface area contributed by atoms with Crippen molar-refractivity contribution >= 4 is 17.1 Å². The Bertz CT molecular complexity index is 1030. The van der Waals surface area contributed by atoms with Crippen molar-refractivity contribution in [3.63, 3.8) is 0 Å². The molecule has 138 valence electrons. The molecule has 1 aliphatic rings. The number of hydrogen-bond acceptors (Lipinski definition) is 5. The first-order valence-electron chi connectivity index (χ1n) is 8.93. The highest BCUT2D eigenvalue weighted by atomic mass is 16.6. The van der Waals surface area contributed by atoms with Crippen molar-refractivity contribution in [2.75, 3.05) is 13.1 Å². The van der Waals surface area contributed by atoms with E-state index < -0.39 is 0 Å². The molecule has 2 heterocycles. The summed E-state index contributed by atoms with van der Waals surface area (Å²) in [5.41, 5.74) is 1.21. The average molecular weight is 365 g/mol. The molecule has 1 fully saturated rings. The smallest absolute Gasteiger partial charge is 0.415 e. The number of rotatable bonds is 2. The number of piperidine rings is 1. The third-order valence-electron chi connectivity index (χ3n) is 4.74. The highest BCUT2D eigenvalue weighted by Gasteiger charge is 2.18. The number of hydrogen-bond donors (Lipinski definition) is 1. The van der Waals surface area contributed by atoms with Crippen molar-refractivity contribution in [2.24, 2.45) is 0 Å². The number of phenolic OH excluding ortho intramolecular Hbond substituents is 1. The summed E-state index contributed by atoms with van der Waals surface area (Å²) in [6.45, 7) is 1.45. The van der Waals surface area contributed by atoms with E-state index in [-0.39, 0.29) is 17.3 Å². The molecule has 0 radical (unpaired) electrons. The van der Waals surface area contributed by atoms with E-state index in [1.807, 2.05) is 0 Å². The van der Waals surface area contributed by atoms with Crippen LogP contribution in [0.25, 0.3) is 22.1 Å². The van der Waals surface area contributed by atoms with Crippen molar-refractivity contribution in [3.8, 4) is 22.6 Å². The van der Waals surface area contributed by atoms with Crippen molar-refractivity contribution in [1.29, 1.82) is 0 Å². The zero-order valence-electron chi connectivity index (χ0n) is 14.7. The third kappa shape index (κ3) is 3.51. The fraction of sp³-hybridized carbons (Fsp3) is 0.238. The quantitative estimate of drug-likeness (QED) is 0.738. The molecule has 1 amide bonds. The molecule has 6 heteroatoms. The van der Waals surface area contributed by atoms with Gasteiger partial charge in [0.05, 0.1) is 10.9 Å². The first kappa shape index (κ1) is 17.1. The lowest BCUT2D eigenvalue weighted by molar-refractivity contribution is 0.142. The number of carbonyl (C=O) groups is 1. The molecule has 1 saturated heterocycles. The number of phenols is 1. The zero-order chi connectivity index (χ0) is 18.8. The van der Waals surface area contributed by atoms with E-state index in [0.29, 0.717) is 27.8 Å². The average Bonchev–Trinajstić information content (AvgIpc) is 2.69. The maximum Gasteiger partial charge on any atom is 0.415 e. The van der Waals surface area contributed by atoms with Crippen LogP contribution in [0.2, 0.25) is 0 Å². The molecule has 0 atom stereocenters. The van der Waals surface area contributed by atoms with Crippen molar-refractivity contribution in [2.45, 2.75) is 19.3 Å². The minimum atomic E-state index is -0.340. The molecule has 0 bridgehead atoms. The number of likely N-dealkylation sites (tertiary alicyclic amines) is 1. The lowest BCUT2D eigenvalue weighted by atomic mass is 10.1. The summed E-state index contributed by atoms with van der Waals surface area (Å²) >= 11 is 0. The van der Waals surface area contributed by atoms with Gasteiger partial charge in [-0.2, -0.15) is 0 Å². The molecule has 1 aromatic heterocycles. The van der Waals surface area contributed by atoms with Gasteiger partial charge in [-0.1, -0.05) is 12.1 Å². The van der Waals surface area contributed by atoms with Gasteiger partial charge >= 0.3 is 6.09 Å². The van der Waals surface area contributed by atoms with Crippen LogP contribution in [-0.4, -0.2) is 29.2 Å². The van der Waals surface area contributed by atoms with Crippen LogP contribution in [0.3, 0.4) is 0 Å². The summed E-state index contributed by atoms with van der Waals surface area (Å²) in [5, 5.41) is 9.89.